The van der Waals surface area contributed by atoms with E-state index in [9.17, 15) is 19.5 Å². The molecule has 5 rings (SSSR count). The summed E-state index contributed by atoms with van der Waals surface area (Å²) in [5.74, 6) is -2.56. The number of aliphatic hydroxyl groups excluding tert-OH is 1. The van der Waals surface area contributed by atoms with Crippen molar-refractivity contribution < 1.29 is 33.7 Å². The van der Waals surface area contributed by atoms with Crippen LogP contribution in [0.5, 0.6) is 0 Å². The number of carbonyl (C=O) groups is 3. The van der Waals surface area contributed by atoms with E-state index in [0.717, 1.165) is 38.9 Å². The highest BCUT2D eigenvalue weighted by molar-refractivity contribution is 5.99. The molecule has 0 radical (unpaired) electrons. The lowest BCUT2D eigenvalue weighted by molar-refractivity contribution is -0.155. The van der Waals surface area contributed by atoms with Crippen LogP contribution in [0, 0.1) is 11.8 Å². The van der Waals surface area contributed by atoms with Gasteiger partial charge in [-0.25, -0.2) is 0 Å². The van der Waals surface area contributed by atoms with Crippen LogP contribution in [0.2, 0.25) is 0 Å². The minimum atomic E-state index is -1.25. The topological polar surface area (TPSA) is 109 Å². The standard InChI is InChI=1S/C26H37N3O7/c30-15-6-10-29-22-24(32)28(12-11-27-13-17-34-18-14-27)9-5-8-26(22)21(23(29)31)20-19(36-26)7-3-1-2-4-16-35-25(20)33/h3,5,7-8,19-22,30H,1-2,4,6,9-18H2/b7-3-/t19-,20+,21-,22?,26-/m0/s1. The van der Waals surface area contributed by atoms with Crippen LogP contribution < -0.4 is 0 Å². The second kappa shape index (κ2) is 11.0. The Hall–Kier alpha value is -2.27. The van der Waals surface area contributed by atoms with Crippen molar-refractivity contribution in [2.75, 3.05) is 65.7 Å². The van der Waals surface area contributed by atoms with E-state index < -0.39 is 35.6 Å². The van der Waals surface area contributed by atoms with Crippen molar-refractivity contribution in [3.05, 3.63) is 24.3 Å². The number of aliphatic hydroxyl groups is 1. The van der Waals surface area contributed by atoms with Crippen LogP contribution in [0.1, 0.15) is 25.7 Å². The number of hydrogen-bond acceptors (Lipinski definition) is 8. The second-order valence-electron chi connectivity index (χ2n) is 10.2. The van der Waals surface area contributed by atoms with E-state index in [1.165, 1.54) is 4.90 Å². The summed E-state index contributed by atoms with van der Waals surface area (Å²) in [6.07, 6.45) is 9.84. The third kappa shape index (κ3) is 4.60. The molecule has 3 saturated heterocycles. The highest BCUT2D eigenvalue weighted by Crippen LogP contribution is 2.53. The van der Waals surface area contributed by atoms with E-state index in [-0.39, 0.29) is 25.0 Å². The first-order valence-corrected chi connectivity index (χ1v) is 13.3. The van der Waals surface area contributed by atoms with Gasteiger partial charge in [-0.15, -0.1) is 0 Å². The zero-order valence-corrected chi connectivity index (χ0v) is 20.8. The highest BCUT2D eigenvalue weighted by atomic mass is 16.6. The lowest BCUT2D eigenvalue weighted by Gasteiger charge is -2.36. The van der Waals surface area contributed by atoms with Crippen LogP contribution in [0.3, 0.4) is 0 Å². The van der Waals surface area contributed by atoms with Crippen molar-refractivity contribution in [3.8, 4) is 0 Å². The molecule has 2 amide bonds. The second-order valence-corrected chi connectivity index (χ2v) is 10.2. The van der Waals surface area contributed by atoms with Gasteiger partial charge in [0.15, 0.2) is 0 Å². The molecule has 10 heteroatoms. The monoisotopic (exact) mass is 503 g/mol. The largest absolute Gasteiger partial charge is 0.465 e. The van der Waals surface area contributed by atoms with Crippen molar-refractivity contribution in [2.45, 2.75) is 43.4 Å². The zero-order chi connectivity index (χ0) is 25.1. The van der Waals surface area contributed by atoms with E-state index in [1.54, 1.807) is 4.90 Å². The number of carbonyl (C=O) groups excluding carboxylic acids is 3. The van der Waals surface area contributed by atoms with Crippen LogP contribution in [0.25, 0.3) is 0 Å². The SMILES string of the molecule is O=C1OCCCC/C=C\[C@@H]2O[C@]34C=CCN(CCN5CCOCC5)C(=O)C3N(CCCO)C(=O)[C@@H]4[C@H]12. The number of fused-ring (bicyclic) bond motifs is 2. The Kier molecular flexibility index (Phi) is 7.76. The molecule has 0 aromatic rings. The molecule has 36 heavy (non-hydrogen) atoms. The van der Waals surface area contributed by atoms with Gasteiger partial charge in [-0.05, 0) is 25.7 Å². The third-order valence-electron chi connectivity index (χ3n) is 8.03. The van der Waals surface area contributed by atoms with E-state index in [1.807, 2.05) is 24.3 Å². The molecule has 0 aliphatic carbocycles. The lowest BCUT2D eigenvalue weighted by Crippen LogP contribution is -2.56. The van der Waals surface area contributed by atoms with Gasteiger partial charge in [-0.2, -0.15) is 0 Å². The maximum atomic E-state index is 14.1. The number of likely N-dealkylation sites (tertiary alicyclic amines) is 1. The molecule has 0 bridgehead atoms. The number of amides is 2. The summed E-state index contributed by atoms with van der Waals surface area (Å²) in [6, 6.07) is -0.885. The Morgan fingerprint density at radius 3 is 2.64 bits per heavy atom. The summed E-state index contributed by atoms with van der Waals surface area (Å²) in [7, 11) is 0. The van der Waals surface area contributed by atoms with Gasteiger partial charge in [-0.3, -0.25) is 19.3 Å². The van der Waals surface area contributed by atoms with Crippen molar-refractivity contribution in [2.24, 2.45) is 11.8 Å². The number of allylic oxidation sites excluding steroid dienone is 1. The normalized spacial score (nSPS) is 36.2. The number of cyclic esters (lactones) is 1. The molecule has 10 nitrogen and oxygen atoms in total. The van der Waals surface area contributed by atoms with Crippen LogP contribution in [0.15, 0.2) is 24.3 Å². The molecule has 5 heterocycles. The number of esters is 1. The molecule has 5 aliphatic heterocycles. The van der Waals surface area contributed by atoms with Crippen LogP contribution in [-0.2, 0) is 28.6 Å². The van der Waals surface area contributed by atoms with Gasteiger partial charge in [0.25, 0.3) is 0 Å². The van der Waals surface area contributed by atoms with E-state index in [2.05, 4.69) is 4.90 Å². The fourth-order valence-corrected chi connectivity index (χ4v) is 6.23. The molecule has 3 fully saturated rings. The summed E-state index contributed by atoms with van der Waals surface area (Å²) < 4.78 is 17.6. The molecule has 0 saturated carbocycles. The zero-order valence-electron chi connectivity index (χ0n) is 20.8. The molecule has 0 aromatic carbocycles. The van der Waals surface area contributed by atoms with Crippen molar-refractivity contribution in [1.82, 2.24) is 14.7 Å². The fourth-order valence-electron chi connectivity index (χ4n) is 6.23. The van der Waals surface area contributed by atoms with Gasteiger partial charge < -0.3 is 29.1 Å². The molecule has 1 spiro atoms. The number of morpholine rings is 1. The van der Waals surface area contributed by atoms with E-state index >= 15 is 0 Å². The first-order chi connectivity index (χ1) is 17.6. The number of hydrogen-bond donors (Lipinski definition) is 1. The predicted molar refractivity (Wildman–Crippen MR) is 129 cm³/mol. The molecule has 1 unspecified atom stereocenters. The molecule has 198 valence electrons. The van der Waals surface area contributed by atoms with Crippen LogP contribution in [-0.4, -0.2) is 121 Å². The Balaban J connectivity index is 1.46. The number of nitrogens with zero attached hydrogens (tertiary/aromatic N) is 3. The van der Waals surface area contributed by atoms with E-state index in [4.69, 9.17) is 14.2 Å². The smallest absolute Gasteiger partial charge is 0.312 e. The molecule has 5 aliphatic rings. The van der Waals surface area contributed by atoms with Crippen LogP contribution in [0.4, 0.5) is 0 Å². The minimum Gasteiger partial charge on any atom is -0.465 e. The quantitative estimate of drug-likeness (QED) is 0.398. The average Bonchev–Trinajstić information content (AvgIpc) is 3.27. The van der Waals surface area contributed by atoms with Crippen molar-refractivity contribution in [3.63, 3.8) is 0 Å². The fraction of sp³-hybridized carbons (Fsp3) is 0.731. The van der Waals surface area contributed by atoms with Gasteiger partial charge in [0.1, 0.15) is 17.6 Å². The Bertz CT molecular complexity index is 902. The molecule has 1 N–H and O–H groups in total. The van der Waals surface area contributed by atoms with Crippen molar-refractivity contribution >= 4 is 17.8 Å². The lowest BCUT2D eigenvalue weighted by atomic mass is 9.78. The van der Waals surface area contributed by atoms with Gasteiger partial charge in [-0.1, -0.05) is 24.3 Å². The Labute approximate surface area is 211 Å². The van der Waals surface area contributed by atoms with E-state index in [0.29, 0.717) is 39.3 Å². The van der Waals surface area contributed by atoms with Crippen LogP contribution >= 0.6 is 0 Å². The van der Waals surface area contributed by atoms with Gasteiger partial charge in [0, 0.05) is 45.9 Å². The highest BCUT2D eigenvalue weighted by Gasteiger charge is 2.71. The maximum Gasteiger partial charge on any atom is 0.312 e. The minimum absolute atomic E-state index is 0.101. The summed E-state index contributed by atoms with van der Waals surface area (Å²) in [6.45, 7) is 5.12. The van der Waals surface area contributed by atoms with Gasteiger partial charge >= 0.3 is 5.97 Å². The van der Waals surface area contributed by atoms with Gasteiger partial charge in [0.2, 0.25) is 11.8 Å². The third-order valence-corrected chi connectivity index (χ3v) is 8.03. The summed E-state index contributed by atoms with van der Waals surface area (Å²) in [4.78, 5) is 46.7. The summed E-state index contributed by atoms with van der Waals surface area (Å²) >= 11 is 0. The molecular formula is C26H37N3O7. The van der Waals surface area contributed by atoms with Gasteiger partial charge in [0.05, 0.1) is 31.8 Å². The Morgan fingerprint density at radius 2 is 1.83 bits per heavy atom. The molecule has 5 atom stereocenters. The number of ether oxygens (including phenoxy) is 3. The summed E-state index contributed by atoms with van der Waals surface area (Å²) in [5.41, 5.74) is -1.25. The predicted octanol–water partition coefficient (Wildman–Crippen LogP) is -0.0365. The molecule has 0 aromatic heterocycles. The average molecular weight is 504 g/mol. The Morgan fingerprint density at radius 1 is 1.00 bits per heavy atom. The molecular weight excluding hydrogens is 466 g/mol. The maximum absolute atomic E-state index is 14.1. The summed E-state index contributed by atoms with van der Waals surface area (Å²) in [5, 5.41) is 9.49. The van der Waals surface area contributed by atoms with Crippen molar-refractivity contribution in [1.29, 1.82) is 0 Å². The number of rotatable bonds is 6. The first-order valence-electron chi connectivity index (χ1n) is 13.3. The first kappa shape index (κ1) is 25.4.